The van der Waals surface area contributed by atoms with Gasteiger partial charge in [0.15, 0.2) is 12.7 Å². The Balaban J connectivity index is 1.87. The van der Waals surface area contributed by atoms with Gasteiger partial charge in [0.1, 0.15) is 5.75 Å². The molecule has 0 aliphatic carbocycles. The highest BCUT2D eigenvalue weighted by Crippen LogP contribution is 2.24. The first kappa shape index (κ1) is 20.0. The van der Waals surface area contributed by atoms with E-state index in [0.29, 0.717) is 11.4 Å². The summed E-state index contributed by atoms with van der Waals surface area (Å²) in [5, 5.41) is 2.73. The quantitative estimate of drug-likeness (QED) is 0.707. The second kappa shape index (κ2) is 8.85. The number of nitrogens with one attached hydrogen (secondary N) is 1. The van der Waals surface area contributed by atoms with Crippen LogP contribution in [0.25, 0.3) is 0 Å². The Morgan fingerprint density at radius 1 is 1.15 bits per heavy atom. The average molecular weight is 420 g/mol. The van der Waals surface area contributed by atoms with Gasteiger partial charge in [-0.05, 0) is 78.5 Å². The Bertz CT molecular complexity index is 819. The van der Waals surface area contributed by atoms with Crippen LogP contribution >= 0.6 is 15.9 Å². The molecule has 0 aromatic heterocycles. The fourth-order valence-corrected chi connectivity index (χ4v) is 2.85. The van der Waals surface area contributed by atoms with E-state index in [-0.39, 0.29) is 6.61 Å². The summed E-state index contributed by atoms with van der Waals surface area (Å²) >= 11 is 3.40. The van der Waals surface area contributed by atoms with E-state index < -0.39 is 18.0 Å². The summed E-state index contributed by atoms with van der Waals surface area (Å²) in [5.41, 5.74) is 3.73. The van der Waals surface area contributed by atoms with E-state index in [1.165, 1.54) is 6.92 Å². The number of ether oxygens (including phenoxy) is 2. The van der Waals surface area contributed by atoms with Crippen molar-refractivity contribution in [3.63, 3.8) is 0 Å². The molecule has 0 heterocycles. The van der Waals surface area contributed by atoms with Crippen molar-refractivity contribution in [2.45, 2.75) is 33.8 Å². The van der Waals surface area contributed by atoms with Crippen LogP contribution in [0, 0.1) is 20.8 Å². The lowest BCUT2D eigenvalue weighted by molar-refractivity contribution is -0.155. The number of hydrogen-bond donors (Lipinski definition) is 1. The van der Waals surface area contributed by atoms with E-state index in [0.717, 1.165) is 21.2 Å². The Labute approximate surface area is 161 Å². The van der Waals surface area contributed by atoms with Crippen LogP contribution in [0.3, 0.4) is 0 Å². The first-order chi connectivity index (χ1) is 12.3. The Morgan fingerprint density at radius 3 is 2.58 bits per heavy atom. The molecular weight excluding hydrogens is 398 g/mol. The minimum Gasteiger partial charge on any atom is -0.482 e. The first-order valence-electron chi connectivity index (χ1n) is 8.23. The highest BCUT2D eigenvalue weighted by Gasteiger charge is 2.19. The molecule has 0 spiro atoms. The zero-order valence-corrected chi connectivity index (χ0v) is 16.8. The zero-order valence-electron chi connectivity index (χ0n) is 15.3. The van der Waals surface area contributed by atoms with Gasteiger partial charge in [-0.3, -0.25) is 4.79 Å². The van der Waals surface area contributed by atoms with Crippen molar-refractivity contribution in [3.05, 3.63) is 57.6 Å². The lowest BCUT2D eigenvalue weighted by Gasteiger charge is -2.15. The Kier molecular flexibility index (Phi) is 6.80. The molecule has 0 aliphatic rings. The molecule has 2 rings (SSSR count). The fraction of sp³-hybridized carbons (Fsp3) is 0.300. The number of amides is 1. The van der Waals surface area contributed by atoms with E-state index in [2.05, 4.69) is 21.2 Å². The predicted octanol–water partition coefficient (Wildman–Crippen LogP) is 4.32. The number of carbonyl (C=O) groups excluding carboxylic acids is 2. The number of esters is 1. The third kappa shape index (κ3) is 5.33. The smallest absolute Gasteiger partial charge is 0.344 e. The molecule has 2 aromatic carbocycles. The average Bonchev–Trinajstić information content (AvgIpc) is 2.58. The van der Waals surface area contributed by atoms with Crippen LogP contribution in [-0.2, 0) is 14.3 Å². The van der Waals surface area contributed by atoms with Crippen molar-refractivity contribution in [1.82, 2.24) is 0 Å². The maximum Gasteiger partial charge on any atom is 0.344 e. The number of benzene rings is 2. The number of anilines is 1. The van der Waals surface area contributed by atoms with Gasteiger partial charge in [-0.25, -0.2) is 4.79 Å². The summed E-state index contributed by atoms with van der Waals surface area (Å²) in [6, 6.07) is 11.2. The van der Waals surface area contributed by atoms with Crippen LogP contribution in [0.15, 0.2) is 40.9 Å². The number of hydrogen-bond acceptors (Lipinski definition) is 4. The molecule has 0 fully saturated rings. The maximum absolute atomic E-state index is 12.2. The molecule has 1 atom stereocenters. The van der Waals surface area contributed by atoms with Gasteiger partial charge >= 0.3 is 5.97 Å². The number of rotatable bonds is 6. The highest BCUT2D eigenvalue weighted by atomic mass is 79.9. The minimum atomic E-state index is -0.932. The van der Waals surface area contributed by atoms with Gasteiger partial charge in [0, 0.05) is 4.47 Å². The molecule has 0 unspecified atom stereocenters. The van der Waals surface area contributed by atoms with Crippen molar-refractivity contribution in [2.75, 3.05) is 11.9 Å². The lowest BCUT2D eigenvalue weighted by Crippen LogP contribution is -2.31. The van der Waals surface area contributed by atoms with Crippen LogP contribution in [0.2, 0.25) is 0 Å². The molecule has 26 heavy (non-hydrogen) atoms. The van der Waals surface area contributed by atoms with E-state index in [9.17, 15) is 9.59 Å². The second-order valence-electron chi connectivity index (χ2n) is 6.09. The van der Waals surface area contributed by atoms with Crippen molar-refractivity contribution in [3.8, 4) is 5.75 Å². The lowest BCUT2D eigenvalue weighted by atomic mass is 10.1. The van der Waals surface area contributed by atoms with E-state index in [1.807, 2.05) is 45.0 Å². The largest absolute Gasteiger partial charge is 0.482 e. The van der Waals surface area contributed by atoms with Crippen LogP contribution < -0.4 is 10.1 Å². The summed E-state index contributed by atoms with van der Waals surface area (Å²) in [6.07, 6.45) is -0.932. The molecular formula is C20H22BrNO4. The monoisotopic (exact) mass is 419 g/mol. The van der Waals surface area contributed by atoms with Crippen LogP contribution in [0.1, 0.15) is 23.6 Å². The molecule has 0 radical (unpaired) electrons. The molecule has 138 valence electrons. The number of carbonyl (C=O) groups is 2. The van der Waals surface area contributed by atoms with Gasteiger partial charge in [0.05, 0.1) is 5.69 Å². The SMILES string of the molecule is Cc1ccc(NC(=O)[C@H](C)OC(=O)COc2cccc(C)c2C)c(Br)c1. The van der Waals surface area contributed by atoms with Crippen molar-refractivity contribution >= 4 is 33.5 Å². The highest BCUT2D eigenvalue weighted by molar-refractivity contribution is 9.10. The van der Waals surface area contributed by atoms with E-state index >= 15 is 0 Å². The normalized spacial score (nSPS) is 11.6. The molecule has 2 aromatic rings. The first-order valence-corrected chi connectivity index (χ1v) is 9.02. The summed E-state index contributed by atoms with van der Waals surface area (Å²) in [6.45, 7) is 7.11. The molecule has 0 saturated carbocycles. The zero-order chi connectivity index (χ0) is 19.3. The van der Waals surface area contributed by atoms with Crippen LogP contribution in [-0.4, -0.2) is 24.6 Å². The summed E-state index contributed by atoms with van der Waals surface area (Å²) in [5.74, 6) is -0.381. The predicted molar refractivity (Wildman–Crippen MR) is 104 cm³/mol. The topological polar surface area (TPSA) is 64.6 Å². The molecule has 0 bridgehead atoms. The Morgan fingerprint density at radius 2 is 1.88 bits per heavy atom. The Hall–Kier alpha value is -2.34. The molecule has 6 heteroatoms. The van der Waals surface area contributed by atoms with Gasteiger partial charge in [-0.15, -0.1) is 0 Å². The van der Waals surface area contributed by atoms with E-state index in [1.54, 1.807) is 12.1 Å². The standard InChI is InChI=1S/C20H22BrNO4/c1-12-8-9-17(16(21)10-12)22-20(24)15(4)26-19(23)11-25-18-7-5-6-13(2)14(18)3/h5-10,15H,11H2,1-4H3,(H,22,24)/t15-/m0/s1. The number of halogens is 1. The third-order valence-electron chi connectivity index (χ3n) is 3.96. The van der Waals surface area contributed by atoms with Crippen LogP contribution in [0.5, 0.6) is 5.75 Å². The minimum absolute atomic E-state index is 0.254. The summed E-state index contributed by atoms with van der Waals surface area (Å²) in [7, 11) is 0. The number of aryl methyl sites for hydroxylation is 2. The fourth-order valence-electron chi connectivity index (χ4n) is 2.26. The third-order valence-corrected chi connectivity index (χ3v) is 4.62. The van der Waals surface area contributed by atoms with Gasteiger partial charge in [-0.1, -0.05) is 18.2 Å². The molecule has 0 aliphatic heterocycles. The second-order valence-corrected chi connectivity index (χ2v) is 6.95. The van der Waals surface area contributed by atoms with Crippen molar-refractivity contribution < 1.29 is 19.1 Å². The van der Waals surface area contributed by atoms with Crippen LogP contribution in [0.4, 0.5) is 5.69 Å². The molecule has 1 amide bonds. The van der Waals surface area contributed by atoms with Crippen molar-refractivity contribution in [2.24, 2.45) is 0 Å². The molecule has 1 N–H and O–H groups in total. The van der Waals surface area contributed by atoms with Crippen molar-refractivity contribution in [1.29, 1.82) is 0 Å². The maximum atomic E-state index is 12.2. The summed E-state index contributed by atoms with van der Waals surface area (Å²) in [4.78, 5) is 24.2. The van der Waals surface area contributed by atoms with Gasteiger partial charge in [-0.2, -0.15) is 0 Å². The van der Waals surface area contributed by atoms with Gasteiger partial charge < -0.3 is 14.8 Å². The molecule has 0 saturated heterocycles. The van der Waals surface area contributed by atoms with Gasteiger partial charge in [0.2, 0.25) is 0 Å². The van der Waals surface area contributed by atoms with E-state index in [4.69, 9.17) is 9.47 Å². The van der Waals surface area contributed by atoms with Gasteiger partial charge in [0.25, 0.3) is 5.91 Å². The molecule has 5 nitrogen and oxygen atoms in total. The summed E-state index contributed by atoms with van der Waals surface area (Å²) < 4.78 is 11.4.